The summed E-state index contributed by atoms with van der Waals surface area (Å²) in [4.78, 5) is 14.1. The van der Waals surface area contributed by atoms with Crippen molar-refractivity contribution in [1.29, 1.82) is 0 Å². The van der Waals surface area contributed by atoms with E-state index in [2.05, 4.69) is 5.32 Å². The minimum absolute atomic E-state index is 0.0168. The van der Waals surface area contributed by atoms with Crippen LogP contribution in [0.25, 0.3) is 11.1 Å². The molecule has 3 aromatic rings. The number of carbonyl (C=O) groups is 1. The number of amides is 1. The highest BCUT2D eigenvalue weighted by Crippen LogP contribution is 2.41. The molecule has 3 nitrogen and oxygen atoms in total. The van der Waals surface area contributed by atoms with Crippen molar-refractivity contribution in [2.75, 3.05) is 10.2 Å². The highest BCUT2D eigenvalue weighted by Gasteiger charge is 2.33. The van der Waals surface area contributed by atoms with Crippen LogP contribution in [0.2, 0.25) is 0 Å². The van der Waals surface area contributed by atoms with Gasteiger partial charge in [0.2, 0.25) is 5.91 Å². The fourth-order valence-corrected chi connectivity index (χ4v) is 4.25. The summed E-state index contributed by atoms with van der Waals surface area (Å²) in [7, 11) is 0. The van der Waals surface area contributed by atoms with Crippen molar-refractivity contribution in [3.63, 3.8) is 0 Å². The minimum Gasteiger partial charge on any atom is -0.378 e. The maximum absolute atomic E-state index is 12.9. The molecule has 31 heavy (non-hydrogen) atoms. The van der Waals surface area contributed by atoms with E-state index in [1.807, 2.05) is 55.5 Å². The molecule has 0 aliphatic carbocycles. The van der Waals surface area contributed by atoms with Crippen LogP contribution in [0.3, 0.4) is 0 Å². The zero-order valence-electron chi connectivity index (χ0n) is 17.3. The van der Waals surface area contributed by atoms with Crippen molar-refractivity contribution in [3.8, 4) is 11.1 Å². The van der Waals surface area contributed by atoms with Crippen molar-refractivity contribution >= 4 is 17.3 Å². The minimum atomic E-state index is -4.36. The van der Waals surface area contributed by atoms with Gasteiger partial charge in [-0.15, -0.1) is 0 Å². The molecule has 1 N–H and O–H groups in total. The number of para-hydroxylation sites is 1. The largest absolute Gasteiger partial charge is 0.416 e. The van der Waals surface area contributed by atoms with E-state index in [-0.39, 0.29) is 18.0 Å². The van der Waals surface area contributed by atoms with Crippen LogP contribution in [0.15, 0.2) is 72.8 Å². The molecule has 1 heterocycles. The lowest BCUT2D eigenvalue weighted by atomic mass is 9.88. The Morgan fingerprint density at radius 2 is 1.61 bits per heavy atom. The van der Waals surface area contributed by atoms with E-state index in [9.17, 15) is 18.0 Å². The van der Waals surface area contributed by atoms with Crippen LogP contribution in [-0.4, -0.2) is 11.9 Å². The predicted molar refractivity (Wildman–Crippen MR) is 117 cm³/mol. The normalized spacial score (nSPS) is 18.4. The van der Waals surface area contributed by atoms with Gasteiger partial charge in [0.15, 0.2) is 0 Å². The van der Waals surface area contributed by atoms with E-state index in [1.165, 1.54) is 12.1 Å². The molecule has 4 rings (SSSR count). The van der Waals surface area contributed by atoms with Gasteiger partial charge >= 0.3 is 6.18 Å². The summed E-state index contributed by atoms with van der Waals surface area (Å²) < 4.78 is 38.7. The van der Waals surface area contributed by atoms with Crippen LogP contribution in [0.1, 0.15) is 37.4 Å². The van der Waals surface area contributed by atoms with Gasteiger partial charge in [-0.2, -0.15) is 13.2 Å². The van der Waals surface area contributed by atoms with Gasteiger partial charge in [0.05, 0.1) is 11.6 Å². The van der Waals surface area contributed by atoms with E-state index in [1.54, 1.807) is 11.8 Å². The molecular weight excluding hydrogens is 401 g/mol. The number of hydrogen-bond acceptors (Lipinski definition) is 2. The van der Waals surface area contributed by atoms with Gasteiger partial charge in [-0.1, -0.05) is 36.4 Å². The average Bonchev–Trinajstić information content (AvgIpc) is 2.73. The van der Waals surface area contributed by atoms with Gasteiger partial charge in [0, 0.05) is 24.3 Å². The van der Waals surface area contributed by atoms with Crippen molar-refractivity contribution < 1.29 is 18.0 Å². The number of hydrogen-bond donors (Lipinski definition) is 1. The first kappa shape index (κ1) is 21.0. The third-order valence-corrected chi connectivity index (χ3v) is 5.68. The first-order chi connectivity index (χ1) is 14.7. The zero-order chi connectivity index (χ0) is 22.2. The summed E-state index contributed by atoms with van der Waals surface area (Å²) in [5.41, 5.74) is 3.59. The summed E-state index contributed by atoms with van der Waals surface area (Å²) in [5.74, 6) is -0.0332. The van der Waals surface area contributed by atoms with Crippen molar-refractivity contribution in [3.05, 3.63) is 83.9 Å². The van der Waals surface area contributed by atoms with Gasteiger partial charge in [-0.05, 0) is 66.4 Å². The number of carbonyl (C=O) groups excluding carboxylic acids is 1. The number of fused-ring (bicyclic) bond motifs is 1. The molecular formula is C25H23F3N2O. The zero-order valence-corrected chi connectivity index (χ0v) is 17.3. The molecule has 3 aromatic carbocycles. The molecule has 6 heteroatoms. The second-order valence-corrected chi connectivity index (χ2v) is 7.89. The summed E-state index contributed by atoms with van der Waals surface area (Å²) >= 11 is 0. The Hall–Kier alpha value is -3.28. The monoisotopic (exact) mass is 424 g/mol. The molecule has 0 fully saturated rings. The number of halogens is 3. The first-order valence-corrected chi connectivity index (χ1v) is 10.2. The molecule has 0 saturated heterocycles. The number of anilines is 2. The quantitative estimate of drug-likeness (QED) is 0.509. The predicted octanol–water partition coefficient (Wildman–Crippen LogP) is 6.67. The topological polar surface area (TPSA) is 32.3 Å². The van der Waals surface area contributed by atoms with Gasteiger partial charge in [0.1, 0.15) is 0 Å². The molecule has 0 unspecified atom stereocenters. The van der Waals surface area contributed by atoms with Crippen LogP contribution in [0, 0.1) is 0 Å². The van der Waals surface area contributed by atoms with E-state index >= 15 is 0 Å². The van der Waals surface area contributed by atoms with Crippen molar-refractivity contribution in [2.45, 2.75) is 38.5 Å². The Labute approximate surface area is 179 Å². The fraction of sp³-hybridized carbons (Fsp3) is 0.240. The van der Waals surface area contributed by atoms with Gasteiger partial charge in [-0.3, -0.25) is 4.79 Å². The second kappa shape index (κ2) is 8.10. The molecule has 0 bridgehead atoms. The maximum Gasteiger partial charge on any atom is 0.416 e. The Balaban J connectivity index is 1.75. The number of alkyl halides is 3. The fourth-order valence-electron chi connectivity index (χ4n) is 4.25. The summed E-state index contributed by atoms with van der Waals surface area (Å²) in [5, 5.41) is 3.55. The Morgan fingerprint density at radius 1 is 0.968 bits per heavy atom. The lowest BCUT2D eigenvalue weighted by Crippen LogP contribution is -2.43. The Bertz CT molecular complexity index is 1080. The van der Waals surface area contributed by atoms with E-state index in [0.29, 0.717) is 5.56 Å². The van der Waals surface area contributed by atoms with Gasteiger partial charge in [0.25, 0.3) is 0 Å². The number of benzene rings is 3. The third-order valence-electron chi connectivity index (χ3n) is 5.68. The van der Waals surface area contributed by atoms with Crippen LogP contribution in [0.4, 0.5) is 24.5 Å². The summed E-state index contributed by atoms with van der Waals surface area (Å²) in [6, 6.07) is 20.7. The second-order valence-electron chi connectivity index (χ2n) is 7.89. The lowest BCUT2D eigenvalue weighted by Gasteiger charge is -2.39. The third kappa shape index (κ3) is 4.29. The number of rotatable bonds is 3. The average molecular weight is 424 g/mol. The van der Waals surface area contributed by atoms with Crippen LogP contribution in [-0.2, 0) is 11.0 Å². The molecule has 160 valence electrons. The molecule has 2 atom stereocenters. The van der Waals surface area contributed by atoms with Crippen molar-refractivity contribution in [2.24, 2.45) is 0 Å². The summed E-state index contributed by atoms with van der Waals surface area (Å²) in [6.07, 6.45) is -3.64. The molecule has 0 radical (unpaired) electrons. The molecule has 1 amide bonds. The molecule has 1 aliphatic heterocycles. The highest BCUT2D eigenvalue weighted by molar-refractivity contribution is 5.94. The van der Waals surface area contributed by atoms with E-state index < -0.39 is 11.7 Å². The lowest BCUT2D eigenvalue weighted by molar-refractivity contribution is -0.137. The van der Waals surface area contributed by atoms with E-state index in [4.69, 9.17) is 0 Å². The Morgan fingerprint density at radius 3 is 2.23 bits per heavy atom. The van der Waals surface area contributed by atoms with Crippen LogP contribution >= 0.6 is 0 Å². The Kier molecular flexibility index (Phi) is 5.48. The highest BCUT2D eigenvalue weighted by atomic mass is 19.4. The molecule has 1 aliphatic rings. The van der Waals surface area contributed by atoms with Gasteiger partial charge in [-0.25, -0.2) is 0 Å². The van der Waals surface area contributed by atoms with Crippen LogP contribution < -0.4 is 10.2 Å². The number of nitrogens with zero attached hydrogens (tertiary/aromatic N) is 1. The molecule has 0 saturated carbocycles. The molecule has 0 aromatic heterocycles. The maximum atomic E-state index is 12.9. The van der Waals surface area contributed by atoms with Crippen LogP contribution in [0.5, 0.6) is 0 Å². The van der Waals surface area contributed by atoms with Gasteiger partial charge < -0.3 is 10.2 Å². The molecule has 0 spiro atoms. The SMILES string of the molecule is CC(=O)N1c2ccc(-c3ccc(C(F)(F)F)cc3)cc2[C@H](Nc2ccccc2)C[C@@H]1C. The summed E-state index contributed by atoms with van der Waals surface area (Å²) in [6.45, 7) is 3.57. The number of nitrogens with one attached hydrogen (secondary N) is 1. The first-order valence-electron chi connectivity index (χ1n) is 10.2. The van der Waals surface area contributed by atoms with Crippen molar-refractivity contribution in [1.82, 2.24) is 0 Å². The smallest absolute Gasteiger partial charge is 0.378 e. The standard InChI is InChI=1S/C25H23F3N2O/c1-16-14-23(29-21-6-4-3-5-7-21)22-15-19(10-13-24(22)30(16)17(2)31)18-8-11-20(12-9-18)25(26,27)28/h3-13,15-16,23,29H,14H2,1-2H3/t16-,23+/m0/s1. The van der Waals surface area contributed by atoms with E-state index in [0.717, 1.165) is 41.1 Å².